The lowest BCUT2D eigenvalue weighted by Crippen LogP contribution is -2.03. The molecule has 0 amide bonds. The normalized spacial score (nSPS) is 11.1. The van der Waals surface area contributed by atoms with Crippen molar-refractivity contribution in [3.8, 4) is 11.3 Å². The molecule has 0 radical (unpaired) electrons. The fourth-order valence-corrected chi connectivity index (χ4v) is 2.96. The van der Waals surface area contributed by atoms with Gasteiger partial charge in [-0.1, -0.05) is 66.2 Å². The molecule has 0 aliphatic heterocycles. The molecule has 0 unspecified atom stereocenters. The number of rotatable bonds is 1. The second-order valence-electron chi connectivity index (χ2n) is 5.10. The first kappa shape index (κ1) is 13.1. The van der Waals surface area contributed by atoms with Crippen molar-refractivity contribution < 1.29 is 4.42 Å². The Kier molecular flexibility index (Phi) is 2.98. The predicted molar refractivity (Wildman–Crippen MR) is 90.4 cm³/mol. The van der Waals surface area contributed by atoms with Crippen LogP contribution < -0.4 is 5.43 Å². The summed E-state index contributed by atoms with van der Waals surface area (Å²) < 4.78 is 5.94. The summed E-state index contributed by atoms with van der Waals surface area (Å²) in [7, 11) is 0. The molecule has 0 atom stereocenters. The maximum atomic E-state index is 12.5. The van der Waals surface area contributed by atoms with Gasteiger partial charge in [0.05, 0.1) is 5.39 Å². The van der Waals surface area contributed by atoms with Crippen molar-refractivity contribution in [1.82, 2.24) is 0 Å². The first-order valence-electron chi connectivity index (χ1n) is 6.95. The van der Waals surface area contributed by atoms with E-state index in [2.05, 4.69) is 0 Å². The summed E-state index contributed by atoms with van der Waals surface area (Å²) in [6.07, 6.45) is 0. The Labute approximate surface area is 131 Å². The molecule has 4 aromatic rings. The highest BCUT2D eigenvalue weighted by atomic mass is 35.5. The predicted octanol–water partition coefficient (Wildman–Crippen LogP) is 5.27. The van der Waals surface area contributed by atoms with Crippen molar-refractivity contribution in [2.45, 2.75) is 0 Å². The second-order valence-corrected chi connectivity index (χ2v) is 5.48. The zero-order valence-corrected chi connectivity index (χ0v) is 12.3. The maximum Gasteiger partial charge on any atom is 0.211 e. The average molecular weight is 307 g/mol. The second kappa shape index (κ2) is 5.00. The van der Waals surface area contributed by atoms with Gasteiger partial charge in [0.1, 0.15) is 10.6 Å². The molecule has 2 nitrogen and oxygen atoms in total. The van der Waals surface area contributed by atoms with Crippen molar-refractivity contribution in [2.24, 2.45) is 0 Å². The topological polar surface area (TPSA) is 30.2 Å². The van der Waals surface area contributed by atoms with Crippen LogP contribution >= 0.6 is 11.6 Å². The minimum absolute atomic E-state index is 0.120. The van der Waals surface area contributed by atoms with Gasteiger partial charge in [-0.25, -0.2) is 0 Å². The van der Waals surface area contributed by atoms with Gasteiger partial charge in [-0.3, -0.25) is 4.79 Å². The van der Waals surface area contributed by atoms with Gasteiger partial charge in [0.15, 0.2) is 5.76 Å². The van der Waals surface area contributed by atoms with Crippen LogP contribution in [0.25, 0.3) is 33.1 Å². The first-order valence-corrected chi connectivity index (χ1v) is 7.33. The van der Waals surface area contributed by atoms with E-state index in [1.165, 1.54) is 0 Å². The van der Waals surface area contributed by atoms with E-state index in [4.69, 9.17) is 16.0 Å². The zero-order chi connectivity index (χ0) is 15.1. The standard InChI is InChI=1S/C19H11ClO2/c20-17-18(21)15-9-3-4-11-16(15)22-19(17)14-10-5-7-12-6-1-2-8-13(12)14/h1-11H. The SMILES string of the molecule is O=c1c(Cl)c(-c2cccc3ccccc23)oc2ccccc12. The Morgan fingerprint density at radius 3 is 2.32 bits per heavy atom. The number of para-hydroxylation sites is 1. The number of fused-ring (bicyclic) bond motifs is 2. The number of benzene rings is 3. The molecule has 3 aromatic carbocycles. The molecular formula is C19H11ClO2. The molecule has 22 heavy (non-hydrogen) atoms. The number of hydrogen-bond donors (Lipinski definition) is 0. The maximum absolute atomic E-state index is 12.5. The minimum atomic E-state index is -0.202. The Morgan fingerprint density at radius 2 is 1.45 bits per heavy atom. The van der Waals surface area contributed by atoms with Crippen molar-refractivity contribution in [2.75, 3.05) is 0 Å². The minimum Gasteiger partial charge on any atom is -0.454 e. The largest absolute Gasteiger partial charge is 0.454 e. The fraction of sp³-hybridized carbons (Fsp3) is 0. The lowest BCUT2D eigenvalue weighted by atomic mass is 10.0. The average Bonchev–Trinajstić information content (AvgIpc) is 2.58. The van der Waals surface area contributed by atoms with Gasteiger partial charge in [0.25, 0.3) is 0 Å². The van der Waals surface area contributed by atoms with E-state index in [1.807, 2.05) is 48.5 Å². The summed E-state index contributed by atoms with van der Waals surface area (Å²) >= 11 is 6.30. The van der Waals surface area contributed by atoms with Crippen LogP contribution in [0.1, 0.15) is 0 Å². The van der Waals surface area contributed by atoms with E-state index >= 15 is 0 Å². The lowest BCUT2D eigenvalue weighted by Gasteiger charge is -2.08. The van der Waals surface area contributed by atoms with Crippen molar-refractivity contribution in [1.29, 1.82) is 0 Å². The van der Waals surface area contributed by atoms with Gasteiger partial charge < -0.3 is 4.42 Å². The van der Waals surface area contributed by atoms with Crippen LogP contribution in [0.5, 0.6) is 0 Å². The van der Waals surface area contributed by atoms with Crippen LogP contribution in [0, 0.1) is 0 Å². The molecule has 0 spiro atoms. The molecule has 4 rings (SSSR count). The number of hydrogen-bond acceptors (Lipinski definition) is 2. The molecule has 0 saturated heterocycles. The van der Waals surface area contributed by atoms with Gasteiger partial charge in [-0.05, 0) is 22.9 Å². The Balaban J connectivity index is 2.13. The van der Waals surface area contributed by atoms with Crippen molar-refractivity contribution >= 4 is 33.3 Å². The number of halogens is 1. The molecule has 0 saturated carbocycles. The van der Waals surface area contributed by atoms with Crippen molar-refractivity contribution in [3.63, 3.8) is 0 Å². The van der Waals surface area contributed by atoms with E-state index < -0.39 is 0 Å². The Hall–Kier alpha value is -2.58. The van der Waals surface area contributed by atoms with Gasteiger partial charge in [-0.2, -0.15) is 0 Å². The van der Waals surface area contributed by atoms with E-state index in [1.54, 1.807) is 18.2 Å². The molecule has 0 aliphatic rings. The highest BCUT2D eigenvalue weighted by Gasteiger charge is 2.15. The molecule has 3 heteroatoms. The van der Waals surface area contributed by atoms with E-state index in [-0.39, 0.29) is 10.5 Å². The van der Waals surface area contributed by atoms with Crippen molar-refractivity contribution in [3.05, 3.63) is 82.0 Å². The summed E-state index contributed by atoms with van der Waals surface area (Å²) in [5, 5.41) is 2.70. The molecule has 0 N–H and O–H groups in total. The monoisotopic (exact) mass is 306 g/mol. The third-order valence-electron chi connectivity index (χ3n) is 3.78. The molecule has 0 bridgehead atoms. The summed E-state index contributed by atoms with van der Waals surface area (Å²) in [5.74, 6) is 0.419. The Morgan fingerprint density at radius 1 is 0.773 bits per heavy atom. The highest BCUT2D eigenvalue weighted by Crippen LogP contribution is 2.33. The smallest absolute Gasteiger partial charge is 0.211 e. The third kappa shape index (κ3) is 1.92. The summed E-state index contributed by atoms with van der Waals surface area (Å²) in [5.41, 5.74) is 1.16. The molecule has 0 aliphatic carbocycles. The highest BCUT2D eigenvalue weighted by molar-refractivity contribution is 6.33. The van der Waals surface area contributed by atoms with Crippen LogP contribution in [-0.2, 0) is 0 Å². The van der Waals surface area contributed by atoms with Crippen LogP contribution in [0.15, 0.2) is 75.9 Å². The van der Waals surface area contributed by atoms with Crippen LogP contribution in [-0.4, -0.2) is 0 Å². The summed E-state index contributed by atoms with van der Waals surface area (Å²) in [6, 6.07) is 21.0. The fourth-order valence-electron chi connectivity index (χ4n) is 2.72. The van der Waals surface area contributed by atoms with Crippen LogP contribution in [0.3, 0.4) is 0 Å². The van der Waals surface area contributed by atoms with E-state index in [0.29, 0.717) is 16.7 Å². The molecule has 106 valence electrons. The summed E-state index contributed by atoms with van der Waals surface area (Å²) in [6.45, 7) is 0. The molecular weight excluding hydrogens is 296 g/mol. The van der Waals surface area contributed by atoms with Crippen LogP contribution in [0.2, 0.25) is 5.02 Å². The molecule has 1 heterocycles. The van der Waals surface area contributed by atoms with Gasteiger partial charge in [-0.15, -0.1) is 0 Å². The molecule has 1 aromatic heterocycles. The van der Waals surface area contributed by atoms with E-state index in [0.717, 1.165) is 16.3 Å². The zero-order valence-electron chi connectivity index (χ0n) is 11.5. The van der Waals surface area contributed by atoms with Gasteiger partial charge >= 0.3 is 0 Å². The first-order chi connectivity index (χ1) is 10.8. The summed E-state index contributed by atoms with van der Waals surface area (Å²) in [4.78, 5) is 12.5. The Bertz CT molecular complexity index is 1060. The van der Waals surface area contributed by atoms with Gasteiger partial charge in [0.2, 0.25) is 5.43 Å². The quantitative estimate of drug-likeness (QED) is 0.480. The third-order valence-corrected chi connectivity index (χ3v) is 4.12. The molecule has 0 fully saturated rings. The van der Waals surface area contributed by atoms with Gasteiger partial charge in [0, 0.05) is 5.56 Å². The van der Waals surface area contributed by atoms with Crippen LogP contribution in [0.4, 0.5) is 0 Å². The van der Waals surface area contributed by atoms with E-state index in [9.17, 15) is 4.79 Å². The lowest BCUT2D eigenvalue weighted by molar-refractivity contribution is 0.620.